The van der Waals surface area contributed by atoms with Gasteiger partial charge >= 0.3 is 0 Å². The lowest BCUT2D eigenvalue weighted by Crippen LogP contribution is -2.41. The van der Waals surface area contributed by atoms with E-state index in [1.807, 2.05) is 0 Å². The average molecular weight is 425 g/mol. The van der Waals surface area contributed by atoms with Crippen molar-refractivity contribution in [2.24, 2.45) is 0 Å². The van der Waals surface area contributed by atoms with E-state index in [0.29, 0.717) is 23.7 Å². The van der Waals surface area contributed by atoms with Gasteiger partial charge in [-0.3, -0.25) is 9.59 Å². The minimum Gasteiger partial charge on any atom is -0.383 e. The van der Waals surface area contributed by atoms with E-state index in [2.05, 4.69) is 22.6 Å². The summed E-state index contributed by atoms with van der Waals surface area (Å²) in [4.78, 5) is 27.3. The van der Waals surface area contributed by atoms with Crippen LogP contribution in [-0.4, -0.2) is 62.5 Å². The van der Waals surface area contributed by atoms with Gasteiger partial charge in [-0.1, -0.05) is 11.6 Å². The number of benzene rings is 1. The van der Waals surface area contributed by atoms with Crippen LogP contribution < -0.4 is 0 Å². The zero-order chi connectivity index (χ0) is 16.0. The van der Waals surface area contributed by atoms with Gasteiger partial charge in [0.15, 0.2) is 0 Å². The normalized spacial score (nSPS) is 10.3. The molecule has 2 amide bonds. The molecule has 0 saturated carbocycles. The minimum atomic E-state index is -0.236. The highest BCUT2D eigenvalue weighted by molar-refractivity contribution is 14.1. The lowest BCUT2D eigenvalue weighted by Gasteiger charge is -2.23. The third-order valence-electron chi connectivity index (χ3n) is 2.84. The zero-order valence-electron chi connectivity index (χ0n) is 12.2. The summed E-state index contributed by atoms with van der Waals surface area (Å²) in [6.07, 6.45) is 0. The van der Waals surface area contributed by atoms with Crippen LogP contribution in [0.4, 0.5) is 0 Å². The quantitative estimate of drug-likeness (QED) is 0.658. The minimum absolute atomic E-state index is 0.0127. The molecule has 7 heteroatoms. The van der Waals surface area contributed by atoms with Crippen molar-refractivity contribution in [1.29, 1.82) is 0 Å². The largest absolute Gasteiger partial charge is 0.383 e. The standard InChI is InChI=1S/C14H18ClIN2O3/c1-17(2)13(19)9-18(6-7-21-3)14(20)10-4-5-12(16)11(15)8-10/h4-5,8H,6-7,9H2,1-3H3. The molecule has 0 aliphatic carbocycles. The van der Waals surface area contributed by atoms with Crippen molar-refractivity contribution in [1.82, 2.24) is 9.80 Å². The Labute approximate surface area is 143 Å². The van der Waals surface area contributed by atoms with Gasteiger partial charge in [0.1, 0.15) is 6.54 Å². The molecule has 0 unspecified atom stereocenters. The van der Waals surface area contributed by atoms with Crippen molar-refractivity contribution in [2.45, 2.75) is 0 Å². The van der Waals surface area contributed by atoms with Gasteiger partial charge in [-0.2, -0.15) is 0 Å². The second-order valence-corrected chi connectivity index (χ2v) is 6.21. The number of amides is 2. The van der Waals surface area contributed by atoms with Crippen LogP contribution in [0.1, 0.15) is 10.4 Å². The summed E-state index contributed by atoms with van der Waals surface area (Å²) in [6, 6.07) is 5.10. The predicted molar refractivity (Wildman–Crippen MR) is 90.6 cm³/mol. The first-order chi connectivity index (χ1) is 9.86. The van der Waals surface area contributed by atoms with Crippen LogP contribution >= 0.6 is 34.2 Å². The molecule has 0 spiro atoms. The van der Waals surface area contributed by atoms with Crippen LogP contribution in [0.2, 0.25) is 5.02 Å². The highest BCUT2D eigenvalue weighted by Crippen LogP contribution is 2.20. The fourth-order valence-corrected chi connectivity index (χ4v) is 2.09. The molecule has 116 valence electrons. The SMILES string of the molecule is COCCN(CC(=O)N(C)C)C(=O)c1ccc(I)c(Cl)c1. The van der Waals surface area contributed by atoms with Crippen LogP contribution in [-0.2, 0) is 9.53 Å². The van der Waals surface area contributed by atoms with Crippen LogP contribution in [0.15, 0.2) is 18.2 Å². The molecule has 0 N–H and O–H groups in total. The molecule has 0 saturated heterocycles. The Balaban J connectivity index is 2.92. The molecule has 0 atom stereocenters. The molecule has 0 heterocycles. The average Bonchev–Trinajstić information content (AvgIpc) is 2.45. The second-order valence-electron chi connectivity index (χ2n) is 4.64. The fraction of sp³-hybridized carbons (Fsp3) is 0.429. The fourth-order valence-electron chi connectivity index (χ4n) is 1.57. The van der Waals surface area contributed by atoms with E-state index in [4.69, 9.17) is 16.3 Å². The van der Waals surface area contributed by atoms with Gasteiger partial charge in [0.05, 0.1) is 11.6 Å². The summed E-state index contributed by atoms with van der Waals surface area (Å²) in [5, 5.41) is 0.520. The molecular formula is C14H18ClIN2O3. The maximum absolute atomic E-state index is 12.5. The molecule has 0 fully saturated rings. The van der Waals surface area contributed by atoms with E-state index >= 15 is 0 Å². The number of nitrogens with zero attached hydrogens (tertiary/aromatic N) is 2. The van der Waals surface area contributed by atoms with Gasteiger partial charge in [0, 0.05) is 36.9 Å². The van der Waals surface area contributed by atoms with Gasteiger partial charge in [0.25, 0.3) is 5.91 Å². The Hall–Kier alpha value is -0.860. The number of hydrogen-bond acceptors (Lipinski definition) is 3. The summed E-state index contributed by atoms with van der Waals surface area (Å²) >= 11 is 8.14. The molecule has 5 nitrogen and oxygen atoms in total. The molecule has 0 aromatic heterocycles. The molecule has 1 aromatic rings. The van der Waals surface area contributed by atoms with Crippen LogP contribution in [0.3, 0.4) is 0 Å². The summed E-state index contributed by atoms with van der Waals surface area (Å²) < 4.78 is 5.87. The number of hydrogen-bond donors (Lipinski definition) is 0. The maximum Gasteiger partial charge on any atom is 0.254 e. The van der Waals surface area contributed by atoms with E-state index < -0.39 is 0 Å². The Morgan fingerprint density at radius 2 is 2.00 bits per heavy atom. The summed E-state index contributed by atoms with van der Waals surface area (Å²) in [5.41, 5.74) is 0.461. The van der Waals surface area contributed by atoms with Crippen molar-refractivity contribution >= 4 is 46.0 Å². The molecule has 0 radical (unpaired) electrons. The van der Waals surface area contributed by atoms with Crippen LogP contribution in [0.5, 0.6) is 0 Å². The van der Waals surface area contributed by atoms with E-state index in [1.54, 1.807) is 39.4 Å². The van der Waals surface area contributed by atoms with Crippen molar-refractivity contribution in [3.8, 4) is 0 Å². The Morgan fingerprint density at radius 3 is 2.52 bits per heavy atom. The second kappa shape index (κ2) is 8.55. The van der Waals surface area contributed by atoms with Crippen LogP contribution in [0.25, 0.3) is 0 Å². The topological polar surface area (TPSA) is 49.9 Å². The number of ether oxygens (including phenoxy) is 1. The third kappa shape index (κ3) is 5.44. The lowest BCUT2D eigenvalue weighted by molar-refractivity contribution is -0.129. The maximum atomic E-state index is 12.5. The number of halogens is 2. The summed E-state index contributed by atoms with van der Waals surface area (Å²) in [7, 11) is 4.87. The lowest BCUT2D eigenvalue weighted by atomic mass is 10.2. The Bertz CT molecular complexity index is 523. The zero-order valence-corrected chi connectivity index (χ0v) is 15.1. The molecule has 1 rings (SSSR count). The first-order valence-electron chi connectivity index (χ1n) is 6.30. The number of carbonyl (C=O) groups excluding carboxylic acids is 2. The molecule has 0 bridgehead atoms. The van der Waals surface area contributed by atoms with Gasteiger partial charge in [-0.05, 0) is 40.8 Å². The van der Waals surface area contributed by atoms with Gasteiger partial charge in [0.2, 0.25) is 5.91 Å². The Kier molecular flexibility index (Phi) is 7.41. The van der Waals surface area contributed by atoms with Crippen molar-refractivity contribution < 1.29 is 14.3 Å². The number of rotatable bonds is 6. The number of carbonyl (C=O) groups is 2. The Morgan fingerprint density at radius 1 is 1.33 bits per heavy atom. The van der Waals surface area contributed by atoms with Crippen molar-refractivity contribution in [3.05, 3.63) is 32.4 Å². The summed E-state index contributed by atoms with van der Waals surface area (Å²) in [5.74, 6) is -0.378. The predicted octanol–water partition coefficient (Wildman–Crippen LogP) is 2.12. The molecule has 21 heavy (non-hydrogen) atoms. The van der Waals surface area contributed by atoms with Crippen molar-refractivity contribution in [3.63, 3.8) is 0 Å². The molecule has 0 aliphatic heterocycles. The smallest absolute Gasteiger partial charge is 0.254 e. The van der Waals surface area contributed by atoms with Crippen molar-refractivity contribution in [2.75, 3.05) is 40.9 Å². The monoisotopic (exact) mass is 424 g/mol. The first kappa shape index (κ1) is 18.2. The molecule has 1 aromatic carbocycles. The number of likely N-dealkylation sites (N-methyl/N-ethyl adjacent to an activating group) is 1. The number of methoxy groups -OCH3 is 1. The molecule has 0 aliphatic rings. The van der Waals surface area contributed by atoms with Gasteiger partial charge < -0.3 is 14.5 Å². The summed E-state index contributed by atoms with van der Waals surface area (Å²) in [6.45, 7) is 0.724. The van der Waals surface area contributed by atoms with Crippen LogP contribution in [0, 0.1) is 3.57 Å². The highest BCUT2D eigenvalue weighted by Gasteiger charge is 2.20. The third-order valence-corrected chi connectivity index (χ3v) is 4.42. The van der Waals surface area contributed by atoms with E-state index in [1.165, 1.54) is 9.80 Å². The van der Waals surface area contributed by atoms with Gasteiger partial charge in [-0.25, -0.2) is 0 Å². The van der Waals surface area contributed by atoms with Gasteiger partial charge in [-0.15, -0.1) is 0 Å². The van der Waals surface area contributed by atoms with E-state index in [-0.39, 0.29) is 18.4 Å². The molecular weight excluding hydrogens is 407 g/mol. The van der Waals surface area contributed by atoms with E-state index in [9.17, 15) is 9.59 Å². The van der Waals surface area contributed by atoms with E-state index in [0.717, 1.165) is 3.57 Å². The first-order valence-corrected chi connectivity index (χ1v) is 7.76. The highest BCUT2D eigenvalue weighted by atomic mass is 127.